The maximum atomic E-state index is 11.3. The fourth-order valence-corrected chi connectivity index (χ4v) is 1.24. The molecule has 0 aliphatic carbocycles. The van der Waals surface area contributed by atoms with E-state index in [-0.39, 0.29) is 30.0 Å². The second-order valence-electron chi connectivity index (χ2n) is 3.74. The van der Waals surface area contributed by atoms with Crippen molar-refractivity contribution in [2.24, 2.45) is 0 Å². The summed E-state index contributed by atoms with van der Waals surface area (Å²) in [7, 11) is 0. The molecule has 0 unspecified atom stereocenters. The number of nitrogens with zero attached hydrogens (tertiary/aromatic N) is 1. The van der Waals surface area contributed by atoms with Gasteiger partial charge in [-0.3, -0.25) is 14.9 Å². The number of nitro groups is 1. The fraction of sp³-hybridized carbons (Fsp3) is 0.364. The van der Waals surface area contributed by atoms with Crippen LogP contribution in [0.3, 0.4) is 0 Å². The van der Waals surface area contributed by atoms with E-state index in [0.29, 0.717) is 0 Å². The molecule has 0 saturated carbocycles. The minimum Gasteiger partial charge on any atom is -0.477 e. The molecule has 0 saturated heterocycles. The molecule has 0 atom stereocenters. The summed E-state index contributed by atoms with van der Waals surface area (Å²) in [6.07, 6.45) is 0. The molecule has 1 aromatic rings. The Bertz CT molecular complexity index is 418. The number of hydrogen-bond acceptors (Lipinski definition) is 4. The Morgan fingerprint density at radius 1 is 1.47 bits per heavy atom. The van der Waals surface area contributed by atoms with E-state index >= 15 is 0 Å². The second-order valence-corrected chi connectivity index (χ2v) is 3.74. The lowest BCUT2D eigenvalue weighted by Gasteiger charge is -2.09. The van der Waals surface area contributed by atoms with Crippen molar-refractivity contribution < 1.29 is 14.5 Å². The number of amides is 1. The number of benzene rings is 1. The first-order chi connectivity index (χ1) is 8.00. The van der Waals surface area contributed by atoms with Crippen molar-refractivity contribution in [1.82, 2.24) is 5.32 Å². The van der Waals surface area contributed by atoms with Gasteiger partial charge in [-0.2, -0.15) is 0 Å². The van der Waals surface area contributed by atoms with Gasteiger partial charge in [0, 0.05) is 12.1 Å². The summed E-state index contributed by atoms with van der Waals surface area (Å²) in [6.45, 7) is 3.41. The molecule has 0 aliphatic rings. The molecular formula is C11H14N2O4. The van der Waals surface area contributed by atoms with Gasteiger partial charge in [-0.25, -0.2) is 0 Å². The van der Waals surface area contributed by atoms with Crippen LogP contribution >= 0.6 is 0 Å². The van der Waals surface area contributed by atoms with Crippen LogP contribution in [0.1, 0.15) is 13.8 Å². The van der Waals surface area contributed by atoms with E-state index in [0.717, 1.165) is 0 Å². The van der Waals surface area contributed by atoms with Gasteiger partial charge < -0.3 is 10.1 Å². The average Bonchev–Trinajstić information content (AvgIpc) is 2.25. The maximum Gasteiger partial charge on any atom is 0.310 e. The Hall–Kier alpha value is -2.11. The highest BCUT2D eigenvalue weighted by atomic mass is 16.6. The molecule has 1 N–H and O–H groups in total. The minimum absolute atomic E-state index is 0.0110. The van der Waals surface area contributed by atoms with E-state index in [1.807, 2.05) is 13.8 Å². The second kappa shape index (κ2) is 5.83. The van der Waals surface area contributed by atoms with Gasteiger partial charge in [0.15, 0.2) is 12.4 Å². The highest BCUT2D eigenvalue weighted by Gasteiger charge is 2.14. The molecule has 1 amide bonds. The molecule has 0 heterocycles. The number of rotatable bonds is 5. The summed E-state index contributed by atoms with van der Waals surface area (Å²) in [5.41, 5.74) is -0.148. The highest BCUT2D eigenvalue weighted by Crippen LogP contribution is 2.25. The van der Waals surface area contributed by atoms with E-state index in [9.17, 15) is 14.9 Å². The van der Waals surface area contributed by atoms with Crippen molar-refractivity contribution in [3.63, 3.8) is 0 Å². The zero-order valence-corrected chi connectivity index (χ0v) is 9.67. The molecule has 0 aromatic heterocycles. The third kappa shape index (κ3) is 4.10. The predicted molar refractivity (Wildman–Crippen MR) is 61.9 cm³/mol. The van der Waals surface area contributed by atoms with Crippen LogP contribution in [0.5, 0.6) is 5.75 Å². The lowest BCUT2D eigenvalue weighted by Crippen LogP contribution is -2.34. The molecule has 0 aliphatic heterocycles. The molecule has 1 rings (SSSR count). The number of nitrogens with one attached hydrogen (secondary N) is 1. The quantitative estimate of drug-likeness (QED) is 0.622. The molecule has 0 radical (unpaired) electrons. The zero-order chi connectivity index (χ0) is 12.8. The van der Waals surface area contributed by atoms with Crippen LogP contribution in [0.4, 0.5) is 5.69 Å². The number of ether oxygens (including phenoxy) is 1. The van der Waals surface area contributed by atoms with E-state index < -0.39 is 4.92 Å². The highest BCUT2D eigenvalue weighted by molar-refractivity contribution is 5.77. The topological polar surface area (TPSA) is 81.5 Å². The fourth-order valence-electron chi connectivity index (χ4n) is 1.24. The van der Waals surface area contributed by atoms with E-state index in [4.69, 9.17) is 4.74 Å². The van der Waals surface area contributed by atoms with Crippen LogP contribution in [0.2, 0.25) is 0 Å². The molecule has 0 spiro atoms. The summed E-state index contributed by atoms with van der Waals surface area (Å²) in [4.78, 5) is 21.4. The average molecular weight is 238 g/mol. The summed E-state index contributed by atoms with van der Waals surface area (Å²) < 4.78 is 5.11. The Labute approximate surface area is 98.7 Å². The molecule has 17 heavy (non-hydrogen) atoms. The van der Waals surface area contributed by atoms with E-state index in [1.165, 1.54) is 12.1 Å². The molecule has 0 fully saturated rings. The van der Waals surface area contributed by atoms with Gasteiger partial charge >= 0.3 is 5.69 Å². The predicted octanol–water partition coefficient (Wildman–Crippen LogP) is 1.50. The third-order valence-electron chi connectivity index (χ3n) is 1.87. The van der Waals surface area contributed by atoms with Gasteiger partial charge in [-0.15, -0.1) is 0 Å². The van der Waals surface area contributed by atoms with Gasteiger partial charge in [0.25, 0.3) is 5.91 Å². The van der Waals surface area contributed by atoms with Gasteiger partial charge in [-0.1, -0.05) is 12.1 Å². The summed E-state index contributed by atoms with van der Waals surface area (Å²) in [6, 6.07) is 5.95. The van der Waals surface area contributed by atoms with Crippen LogP contribution in [0, 0.1) is 10.1 Å². The number of hydrogen-bond donors (Lipinski definition) is 1. The summed E-state index contributed by atoms with van der Waals surface area (Å²) in [5.74, 6) is -0.213. The van der Waals surface area contributed by atoms with Gasteiger partial charge in [0.1, 0.15) is 0 Å². The van der Waals surface area contributed by atoms with Gasteiger partial charge in [0.05, 0.1) is 4.92 Å². The first-order valence-electron chi connectivity index (χ1n) is 5.16. The van der Waals surface area contributed by atoms with Crippen LogP contribution < -0.4 is 10.1 Å². The van der Waals surface area contributed by atoms with Gasteiger partial charge in [0.2, 0.25) is 0 Å². The van der Waals surface area contributed by atoms with Crippen LogP contribution in [-0.2, 0) is 4.79 Å². The first-order valence-corrected chi connectivity index (χ1v) is 5.16. The Morgan fingerprint density at radius 3 is 2.71 bits per heavy atom. The van der Waals surface area contributed by atoms with Crippen LogP contribution in [-0.4, -0.2) is 23.5 Å². The van der Waals surface area contributed by atoms with E-state index in [1.54, 1.807) is 12.1 Å². The zero-order valence-electron chi connectivity index (χ0n) is 9.67. The van der Waals surface area contributed by atoms with Crippen molar-refractivity contribution in [3.05, 3.63) is 34.4 Å². The minimum atomic E-state index is -0.546. The summed E-state index contributed by atoms with van der Waals surface area (Å²) in [5, 5.41) is 13.3. The smallest absolute Gasteiger partial charge is 0.310 e. The number of nitro benzene ring substituents is 1. The summed E-state index contributed by atoms with van der Waals surface area (Å²) >= 11 is 0. The van der Waals surface area contributed by atoms with Crippen molar-refractivity contribution >= 4 is 11.6 Å². The lowest BCUT2D eigenvalue weighted by atomic mass is 10.3. The number of carbonyl (C=O) groups is 1. The van der Waals surface area contributed by atoms with Crippen LogP contribution in [0.15, 0.2) is 24.3 Å². The van der Waals surface area contributed by atoms with Crippen molar-refractivity contribution in [1.29, 1.82) is 0 Å². The molecular weight excluding hydrogens is 224 g/mol. The Kier molecular flexibility index (Phi) is 4.45. The molecule has 6 heteroatoms. The third-order valence-corrected chi connectivity index (χ3v) is 1.87. The lowest BCUT2D eigenvalue weighted by molar-refractivity contribution is -0.385. The van der Waals surface area contributed by atoms with Crippen molar-refractivity contribution in [2.45, 2.75) is 19.9 Å². The Balaban J connectivity index is 2.63. The molecule has 1 aromatic carbocycles. The Morgan fingerprint density at radius 2 is 2.12 bits per heavy atom. The first kappa shape index (κ1) is 13.0. The normalized spacial score (nSPS) is 10.1. The van der Waals surface area contributed by atoms with E-state index in [2.05, 4.69) is 5.32 Å². The van der Waals surface area contributed by atoms with Crippen molar-refractivity contribution in [2.75, 3.05) is 6.61 Å². The monoisotopic (exact) mass is 238 g/mol. The largest absolute Gasteiger partial charge is 0.477 e. The molecule has 0 bridgehead atoms. The standard InChI is InChI=1S/C11H14N2O4/c1-8(2)12-11(14)7-17-10-6-4-3-5-9(10)13(15)16/h3-6,8H,7H2,1-2H3,(H,12,14). The molecule has 6 nitrogen and oxygen atoms in total. The van der Waals surface area contributed by atoms with Gasteiger partial charge in [-0.05, 0) is 19.9 Å². The number of para-hydroxylation sites is 2. The number of carbonyl (C=O) groups excluding carboxylic acids is 1. The molecule has 92 valence electrons. The van der Waals surface area contributed by atoms with Crippen molar-refractivity contribution in [3.8, 4) is 5.75 Å². The SMILES string of the molecule is CC(C)NC(=O)COc1ccccc1[N+](=O)[O-]. The maximum absolute atomic E-state index is 11.3. The van der Waals surface area contributed by atoms with Crippen LogP contribution in [0.25, 0.3) is 0 Å².